The number of halogens is 1. The van der Waals surface area contributed by atoms with E-state index in [-0.39, 0.29) is 11.5 Å². The molecular weight excluding hydrogens is 396 g/mol. The van der Waals surface area contributed by atoms with Gasteiger partial charge in [-0.2, -0.15) is 0 Å². The summed E-state index contributed by atoms with van der Waals surface area (Å²) in [4.78, 5) is 31.9. The van der Waals surface area contributed by atoms with Gasteiger partial charge in [-0.15, -0.1) is 0 Å². The third-order valence-corrected chi connectivity index (χ3v) is 4.20. The predicted molar refractivity (Wildman–Crippen MR) is 110 cm³/mol. The number of nitrogens with one attached hydrogen (secondary N) is 3. The number of aromatic nitrogens is 2. The van der Waals surface area contributed by atoms with Crippen LogP contribution in [0.15, 0.2) is 54.9 Å². The van der Waals surface area contributed by atoms with Gasteiger partial charge in [0.2, 0.25) is 0 Å². The van der Waals surface area contributed by atoms with E-state index < -0.39 is 11.9 Å². The molecule has 0 radical (unpaired) electrons. The fraction of sp³-hybridized carbons (Fsp3) is 0.0526. The third-order valence-electron chi connectivity index (χ3n) is 3.87. The minimum absolute atomic E-state index is 0.184. The van der Waals surface area contributed by atoms with Crippen molar-refractivity contribution in [1.82, 2.24) is 15.4 Å². The number of nitrogen functional groups attached to an aromatic ring is 1. The SMILES string of the molecule is COC(=O)c1ccc(Nc2ncnc(NNC(=O)c3ccccc3Cl)c2N)cc1. The number of methoxy groups -OCH3 is 1. The van der Waals surface area contributed by atoms with Crippen LogP contribution in [-0.2, 0) is 4.74 Å². The number of hydrogen-bond acceptors (Lipinski definition) is 8. The molecule has 2 aromatic carbocycles. The fourth-order valence-electron chi connectivity index (χ4n) is 2.37. The van der Waals surface area contributed by atoms with Crippen LogP contribution in [-0.4, -0.2) is 29.0 Å². The van der Waals surface area contributed by atoms with Crippen LogP contribution in [0.3, 0.4) is 0 Å². The number of rotatable bonds is 6. The van der Waals surface area contributed by atoms with Crippen LogP contribution in [0.2, 0.25) is 5.02 Å². The van der Waals surface area contributed by atoms with Crippen molar-refractivity contribution in [3.63, 3.8) is 0 Å². The second-order valence-electron chi connectivity index (χ2n) is 5.74. The number of nitrogens with zero attached hydrogens (tertiary/aromatic N) is 2. The number of hydrogen-bond donors (Lipinski definition) is 4. The Morgan fingerprint density at radius 2 is 1.72 bits per heavy atom. The van der Waals surface area contributed by atoms with E-state index in [0.717, 1.165) is 0 Å². The van der Waals surface area contributed by atoms with Crippen molar-refractivity contribution in [3.05, 3.63) is 71.0 Å². The molecule has 1 aromatic heterocycles. The summed E-state index contributed by atoms with van der Waals surface area (Å²) in [6.45, 7) is 0. The maximum Gasteiger partial charge on any atom is 0.337 e. The smallest absolute Gasteiger partial charge is 0.337 e. The van der Waals surface area contributed by atoms with Crippen molar-refractivity contribution >= 4 is 46.5 Å². The highest BCUT2D eigenvalue weighted by molar-refractivity contribution is 6.33. The molecule has 0 saturated carbocycles. The number of carbonyl (C=O) groups excluding carboxylic acids is 2. The fourth-order valence-corrected chi connectivity index (χ4v) is 2.59. The molecule has 3 rings (SSSR count). The predicted octanol–water partition coefficient (Wildman–Crippen LogP) is 3.00. The van der Waals surface area contributed by atoms with Crippen molar-refractivity contribution in [2.24, 2.45) is 0 Å². The molecule has 0 unspecified atom stereocenters. The molecule has 1 heterocycles. The van der Waals surface area contributed by atoms with Crippen LogP contribution < -0.4 is 21.9 Å². The number of benzene rings is 2. The highest BCUT2D eigenvalue weighted by Crippen LogP contribution is 2.25. The van der Waals surface area contributed by atoms with Gasteiger partial charge in [-0.3, -0.25) is 15.6 Å². The van der Waals surface area contributed by atoms with Gasteiger partial charge < -0.3 is 15.8 Å². The average Bonchev–Trinajstić information content (AvgIpc) is 2.74. The average molecular weight is 413 g/mol. The maximum atomic E-state index is 12.2. The Kier molecular flexibility index (Phi) is 6.10. The summed E-state index contributed by atoms with van der Waals surface area (Å²) < 4.78 is 4.66. The molecule has 9 nitrogen and oxygen atoms in total. The molecule has 1 amide bonds. The molecule has 5 N–H and O–H groups in total. The Bertz CT molecular complexity index is 1040. The molecule has 10 heteroatoms. The van der Waals surface area contributed by atoms with E-state index in [2.05, 4.69) is 30.9 Å². The lowest BCUT2D eigenvalue weighted by Gasteiger charge is -2.13. The summed E-state index contributed by atoms with van der Waals surface area (Å²) >= 11 is 6.01. The van der Waals surface area contributed by atoms with Crippen molar-refractivity contribution in [1.29, 1.82) is 0 Å². The largest absolute Gasteiger partial charge is 0.465 e. The van der Waals surface area contributed by atoms with E-state index >= 15 is 0 Å². The Hall–Kier alpha value is -3.85. The standard InChI is InChI=1S/C19H17ClN6O3/c1-29-19(28)11-6-8-12(9-7-11)24-16-15(21)17(23-10-22-16)25-26-18(27)13-4-2-3-5-14(13)20/h2-10H,21H2,1H3,(H,26,27)(H2,22,23,24,25). The van der Waals surface area contributed by atoms with Crippen molar-refractivity contribution < 1.29 is 14.3 Å². The van der Waals surface area contributed by atoms with Crippen molar-refractivity contribution in [2.45, 2.75) is 0 Å². The summed E-state index contributed by atoms with van der Waals surface area (Å²) in [6.07, 6.45) is 1.28. The quantitative estimate of drug-likeness (QED) is 0.359. The second kappa shape index (κ2) is 8.89. The van der Waals surface area contributed by atoms with Crippen LogP contribution in [0.1, 0.15) is 20.7 Å². The van der Waals surface area contributed by atoms with Crippen LogP contribution in [0, 0.1) is 0 Å². The summed E-state index contributed by atoms with van der Waals surface area (Å²) in [5.41, 5.74) is 12.8. The first-order valence-electron chi connectivity index (χ1n) is 8.36. The molecule has 0 aliphatic rings. The van der Waals surface area contributed by atoms with Crippen LogP contribution in [0.25, 0.3) is 0 Å². The summed E-state index contributed by atoms with van der Waals surface area (Å²) in [6, 6.07) is 13.2. The first kappa shape index (κ1) is 19.9. The van der Waals surface area contributed by atoms with Crippen LogP contribution in [0.5, 0.6) is 0 Å². The topological polar surface area (TPSA) is 131 Å². The highest BCUT2D eigenvalue weighted by Gasteiger charge is 2.12. The molecule has 0 fully saturated rings. The molecule has 148 valence electrons. The van der Waals surface area contributed by atoms with E-state index in [0.29, 0.717) is 27.7 Å². The zero-order valence-corrected chi connectivity index (χ0v) is 16.0. The summed E-state index contributed by atoms with van der Waals surface area (Å²) in [5.74, 6) is -0.352. The Balaban J connectivity index is 1.70. The van der Waals surface area contributed by atoms with Gasteiger partial charge >= 0.3 is 5.97 Å². The minimum atomic E-state index is -0.443. The van der Waals surface area contributed by atoms with E-state index in [9.17, 15) is 9.59 Å². The Morgan fingerprint density at radius 1 is 1.03 bits per heavy atom. The van der Waals surface area contributed by atoms with Gasteiger partial charge in [0.25, 0.3) is 5.91 Å². The summed E-state index contributed by atoms with van der Waals surface area (Å²) in [7, 11) is 1.31. The zero-order valence-electron chi connectivity index (χ0n) is 15.3. The lowest BCUT2D eigenvalue weighted by Crippen LogP contribution is -2.30. The number of ether oxygens (including phenoxy) is 1. The number of anilines is 4. The number of hydrazine groups is 1. The van der Waals surface area contributed by atoms with Gasteiger partial charge in [-0.05, 0) is 36.4 Å². The molecule has 0 aliphatic carbocycles. The van der Waals surface area contributed by atoms with Gasteiger partial charge in [0.05, 0.1) is 23.3 Å². The van der Waals surface area contributed by atoms with Crippen molar-refractivity contribution in [3.8, 4) is 0 Å². The van der Waals surface area contributed by atoms with Gasteiger partial charge in [0.1, 0.15) is 12.0 Å². The normalized spacial score (nSPS) is 10.1. The minimum Gasteiger partial charge on any atom is -0.465 e. The summed E-state index contributed by atoms with van der Waals surface area (Å²) in [5, 5.41) is 3.34. The van der Waals surface area contributed by atoms with Gasteiger partial charge in [-0.25, -0.2) is 14.8 Å². The molecule has 0 saturated heterocycles. The van der Waals surface area contributed by atoms with E-state index in [1.165, 1.54) is 13.4 Å². The molecule has 3 aromatic rings. The molecule has 29 heavy (non-hydrogen) atoms. The van der Waals surface area contributed by atoms with Crippen LogP contribution in [0.4, 0.5) is 23.0 Å². The van der Waals surface area contributed by atoms with Gasteiger partial charge in [0.15, 0.2) is 11.6 Å². The number of amides is 1. The Labute approximate surface area is 171 Å². The molecular formula is C19H17ClN6O3. The number of nitrogens with two attached hydrogens (primary N) is 1. The molecule has 0 spiro atoms. The van der Waals surface area contributed by atoms with E-state index in [4.69, 9.17) is 17.3 Å². The molecule has 0 bridgehead atoms. The number of carbonyl (C=O) groups is 2. The van der Waals surface area contributed by atoms with E-state index in [1.807, 2.05) is 0 Å². The van der Waals surface area contributed by atoms with Gasteiger partial charge in [-0.1, -0.05) is 23.7 Å². The first-order chi connectivity index (χ1) is 14.0. The second-order valence-corrected chi connectivity index (χ2v) is 6.14. The first-order valence-corrected chi connectivity index (χ1v) is 8.74. The lowest BCUT2D eigenvalue weighted by atomic mass is 10.2. The van der Waals surface area contributed by atoms with Gasteiger partial charge in [0, 0.05) is 5.69 Å². The third kappa shape index (κ3) is 4.71. The monoisotopic (exact) mass is 412 g/mol. The zero-order chi connectivity index (χ0) is 20.8. The van der Waals surface area contributed by atoms with Crippen LogP contribution >= 0.6 is 11.6 Å². The van der Waals surface area contributed by atoms with E-state index in [1.54, 1.807) is 48.5 Å². The maximum absolute atomic E-state index is 12.2. The Morgan fingerprint density at radius 3 is 2.41 bits per heavy atom. The molecule has 0 atom stereocenters. The van der Waals surface area contributed by atoms with Crippen molar-refractivity contribution in [2.75, 3.05) is 23.6 Å². The lowest BCUT2D eigenvalue weighted by molar-refractivity contribution is 0.0600. The molecule has 0 aliphatic heterocycles. The highest BCUT2D eigenvalue weighted by atomic mass is 35.5. The number of esters is 1.